The van der Waals surface area contributed by atoms with Crippen LogP contribution in [0.25, 0.3) is 0 Å². The van der Waals surface area contributed by atoms with Crippen LogP contribution < -0.4 is 0 Å². The predicted octanol–water partition coefficient (Wildman–Crippen LogP) is 1.40. The van der Waals surface area contributed by atoms with Gasteiger partial charge in [-0.1, -0.05) is 40.2 Å². The largest absolute Gasteiger partial charge is 0.396 e. The quantitative estimate of drug-likeness (QED) is 0.694. The minimum atomic E-state index is -0.855. The second-order valence-electron chi connectivity index (χ2n) is 3.74. The van der Waals surface area contributed by atoms with E-state index in [-0.39, 0.29) is 6.61 Å². The SMILES string of the molecule is OCCCc1ccc(C(O)C(O)CBr)cc1. The molecule has 0 spiro atoms. The monoisotopic (exact) mass is 288 g/mol. The van der Waals surface area contributed by atoms with Crippen LogP contribution >= 0.6 is 15.9 Å². The van der Waals surface area contributed by atoms with Crippen molar-refractivity contribution in [3.63, 3.8) is 0 Å². The van der Waals surface area contributed by atoms with Crippen LogP contribution in [0.3, 0.4) is 0 Å². The van der Waals surface area contributed by atoms with E-state index in [0.29, 0.717) is 10.9 Å². The standard InChI is InChI=1S/C12H17BrO3/c13-8-11(15)12(16)10-5-3-9(4-6-10)2-1-7-14/h3-6,11-12,14-16H,1-2,7-8H2. The van der Waals surface area contributed by atoms with Crippen LogP contribution in [-0.2, 0) is 6.42 Å². The molecule has 0 bridgehead atoms. The second-order valence-corrected chi connectivity index (χ2v) is 4.38. The molecule has 1 aromatic carbocycles. The fraction of sp³-hybridized carbons (Fsp3) is 0.500. The van der Waals surface area contributed by atoms with E-state index in [1.165, 1.54) is 0 Å². The lowest BCUT2D eigenvalue weighted by Crippen LogP contribution is -2.19. The molecule has 0 radical (unpaired) electrons. The van der Waals surface area contributed by atoms with Crippen LogP contribution in [0, 0.1) is 0 Å². The highest BCUT2D eigenvalue weighted by molar-refractivity contribution is 9.09. The fourth-order valence-electron chi connectivity index (χ4n) is 1.47. The van der Waals surface area contributed by atoms with E-state index in [4.69, 9.17) is 5.11 Å². The maximum Gasteiger partial charge on any atom is 0.106 e. The zero-order valence-electron chi connectivity index (χ0n) is 9.01. The van der Waals surface area contributed by atoms with E-state index >= 15 is 0 Å². The molecular formula is C12H17BrO3. The maximum atomic E-state index is 9.74. The summed E-state index contributed by atoms with van der Waals surface area (Å²) in [4.78, 5) is 0. The number of hydrogen-bond acceptors (Lipinski definition) is 3. The predicted molar refractivity (Wildman–Crippen MR) is 66.6 cm³/mol. The molecule has 0 aliphatic rings. The van der Waals surface area contributed by atoms with Gasteiger partial charge in [0, 0.05) is 11.9 Å². The van der Waals surface area contributed by atoms with Crippen LogP contribution in [0.4, 0.5) is 0 Å². The Balaban J connectivity index is 2.63. The van der Waals surface area contributed by atoms with Crippen LogP contribution in [0.2, 0.25) is 0 Å². The Morgan fingerprint density at radius 2 is 1.75 bits per heavy atom. The highest BCUT2D eigenvalue weighted by Crippen LogP contribution is 2.19. The van der Waals surface area contributed by atoms with E-state index in [0.717, 1.165) is 18.4 Å². The minimum absolute atomic E-state index is 0.187. The lowest BCUT2D eigenvalue weighted by molar-refractivity contribution is 0.0342. The summed E-state index contributed by atoms with van der Waals surface area (Å²) in [5.41, 5.74) is 1.83. The number of hydrogen-bond donors (Lipinski definition) is 3. The van der Waals surface area contributed by atoms with Gasteiger partial charge in [0.05, 0.1) is 6.10 Å². The first-order valence-electron chi connectivity index (χ1n) is 5.31. The van der Waals surface area contributed by atoms with Gasteiger partial charge in [-0.05, 0) is 24.0 Å². The Hall–Kier alpha value is -0.420. The molecule has 0 saturated carbocycles. The molecular weight excluding hydrogens is 272 g/mol. The van der Waals surface area contributed by atoms with Crippen LogP contribution in [0.1, 0.15) is 23.7 Å². The Labute approximate surface area is 104 Å². The molecule has 2 unspecified atom stereocenters. The lowest BCUT2D eigenvalue weighted by atomic mass is 10.0. The van der Waals surface area contributed by atoms with Gasteiger partial charge in [-0.3, -0.25) is 0 Å². The number of aryl methyl sites for hydroxylation is 1. The third-order valence-electron chi connectivity index (χ3n) is 2.47. The van der Waals surface area contributed by atoms with E-state index in [1.807, 2.05) is 24.3 Å². The van der Waals surface area contributed by atoms with Gasteiger partial charge in [0.25, 0.3) is 0 Å². The van der Waals surface area contributed by atoms with Crippen molar-refractivity contribution in [1.82, 2.24) is 0 Å². The maximum absolute atomic E-state index is 9.74. The van der Waals surface area contributed by atoms with Crippen molar-refractivity contribution >= 4 is 15.9 Å². The van der Waals surface area contributed by atoms with Crippen molar-refractivity contribution in [3.05, 3.63) is 35.4 Å². The molecule has 1 rings (SSSR count). The first-order chi connectivity index (χ1) is 7.69. The van der Waals surface area contributed by atoms with E-state index in [2.05, 4.69) is 15.9 Å². The number of alkyl halides is 1. The summed E-state index contributed by atoms with van der Waals surface area (Å²) in [6, 6.07) is 7.44. The van der Waals surface area contributed by atoms with E-state index < -0.39 is 12.2 Å². The number of halogens is 1. The molecule has 0 fully saturated rings. The number of aliphatic hydroxyl groups is 3. The van der Waals surface area contributed by atoms with Crippen molar-refractivity contribution < 1.29 is 15.3 Å². The summed E-state index contributed by atoms with van der Waals surface area (Å²) in [6.45, 7) is 0.187. The molecule has 90 valence electrons. The highest BCUT2D eigenvalue weighted by atomic mass is 79.9. The molecule has 0 aromatic heterocycles. The van der Waals surface area contributed by atoms with Gasteiger partial charge in [0.2, 0.25) is 0 Å². The molecule has 0 saturated heterocycles. The molecule has 0 aliphatic carbocycles. The van der Waals surface area contributed by atoms with Crippen molar-refractivity contribution in [2.75, 3.05) is 11.9 Å². The van der Waals surface area contributed by atoms with Crippen molar-refractivity contribution in [2.45, 2.75) is 25.0 Å². The molecule has 0 aliphatic heterocycles. The summed E-state index contributed by atoms with van der Waals surface area (Å²) < 4.78 is 0. The summed E-state index contributed by atoms with van der Waals surface area (Å²) in [5, 5.41) is 28.2. The first-order valence-corrected chi connectivity index (χ1v) is 6.43. The summed E-state index contributed by atoms with van der Waals surface area (Å²) in [6.07, 6.45) is -0.0747. The van der Waals surface area contributed by atoms with Crippen LogP contribution in [-0.4, -0.2) is 33.4 Å². The first kappa shape index (κ1) is 13.6. The Morgan fingerprint density at radius 1 is 1.12 bits per heavy atom. The number of rotatable bonds is 6. The van der Waals surface area contributed by atoms with Crippen LogP contribution in [0.15, 0.2) is 24.3 Å². The van der Waals surface area contributed by atoms with Gasteiger partial charge >= 0.3 is 0 Å². The minimum Gasteiger partial charge on any atom is -0.396 e. The zero-order valence-corrected chi connectivity index (χ0v) is 10.6. The van der Waals surface area contributed by atoms with Crippen molar-refractivity contribution in [1.29, 1.82) is 0 Å². The third kappa shape index (κ3) is 3.87. The smallest absolute Gasteiger partial charge is 0.106 e. The average Bonchev–Trinajstić information content (AvgIpc) is 2.35. The molecule has 2 atom stereocenters. The molecule has 4 heteroatoms. The third-order valence-corrected chi connectivity index (χ3v) is 3.13. The van der Waals surface area contributed by atoms with Crippen molar-refractivity contribution in [2.24, 2.45) is 0 Å². The zero-order chi connectivity index (χ0) is 12.0. The topological polar surface area (TPSA) is 60.7 Å². The van der Waals surface area contributed by atoms with Gasteiger partial charge in [-0.2, -0.15) is 0 Å². The number of aliphatic hydroxyl groups excluding tert-OH is 3. The molecule has 3 N–H and O–H groups in total. The Morgan fingerprint density at radius 3 is 2.25 bits per heavy atom. The molecule has 3 nitrogen and oxygen atoms in total. The Bertz CT molecular complexity index is 300. The molecule has 0 amide bonds. The van der Waals surface area contributed by atoms with E-state index in [9.17, 15) is 10.2 Å². The Kier molecular flexibility index (Phi) is 5.98. The molecule has 16 heavy (non-hydrogen) atoms. The second kappa shape index (κ2) is 7.01. The molecule has 1 aromatic rings. The summed E-state index contributed by atoms with van der Waals surface area (Å²) in [5.74, 6) is 0. The fourth-order valence-corrected chi connectivity index (χ4v) is 1.83. The van der Waals surface area contributed by atoms with Gasteiger partial charge in [-0.15, -0.1) is 0 Å². The van der Waals surface area contributed by atoms with Gasteiger partial charge in [0.1, 0.15) is 6.10 Å². The van der Waals surface area contributed by atoms with Gasteiger partial charge in [-0.25, -0.2) is 0 Å². The normalized spacial score (nSPS) is 14.8. The van der Waals surface area contributed by atoms with E-state index in [1.54, 1.807) is 0 Å². The number of benzene rings is 1. The summed E-state index contributed by atoms with van der Waals surface area (Å²) in [7, 11) is 0. The van der Waals surface area contributed by atoms with Gasteiger partial charge < -0.3 is 15.3 Å². The lowest BCUT2D eigenvalue weighted by Gasteiger charge is -2.16. The van der Waals surface area contributed by atoms with Gasteiger partial charge in [0.15, 0.2) is 0 Å². The summed E-state index contributed by atoms with van der Waals surface area (Å²) >= 11 is 3.12. The highest BCUT2D eigenvalue weighted by Gasteiger charge is 2.16. The van der Waals surface area contributed by atoms with Crippen LogP contribution in [0.5, 0.6) is 0 Å². The molecule has 0 heterocycles. The average molecular weight is 289 g/mol. The van der Waals surface area contributed by atoms with Crippen molar-refractivity contribution in [3.8, 4) is 0 Å².